The van der Waals surface area contributed by atoms with E-state index in [-0.39, 0.29) is 12.1 Å². The smallest absolute Gasteiger partial charge is 0.302 e. The minimum Gasteiger partial charge on any atom is -0.463 e. The molecule has 1 rings (SSSR count). The molecule has 0 radical (unpaired) electrons. The van der Waals surface area contributed by atoms with E-state index < -0.39 is 0 Å². The van der Waals surface area contributed by atoms with E-state index in [2.05, 4.69) is 6.58 Å². The Balaban J connectivity index is 2.32. The van der Waals surface area contributed by atoms with Gasteiger partial charge < -0.3 is 4.74 Å². The molecule has 0 bridgehead atoms. The van der Waals surface area contributed by atoms with Crippen LogP contribution in [0.25, 0.3) is 0 Å². The van der Waals surface area contributed by atoms with Crippen molar-refractivity contribution in [1.82, 2.24) is 0 Å². The average molecular weight is 182 g/mol. The van der Waals surface area contributed by atoms with E-state index in [1.165, 1.54) is 19.8 Å². The molecule has 1 aliphatic rings. The summed E-state index contributed by atoms with van der Waals surface area (Å²) >= 11 is 0. The Kier molecular flexibility index (Phi) is 4.00. The van der Waals surface area contributed by atoms with Crippen molar-refractivity contribution in [3.63, 3.8) is 0 Å². The summed E-state index contributed by atoms with van der Waals surface area (Å²) in [7, 11) is 0. The standard InChI is InChI=1S/C11H18O2/c1-3-5-10-6-4-7-11(8-10)13-9(2)12/h3,10-11H,1,4-8H2,2H3/t10-,11+/m0/s1. The van der Waals surface area contributed by atoms with Gasteiger partial charge in [0.15, 0.2) is 0 Å². The lowest BCUT2D eigenvalue weighted by atomic mass is 9.85. The number of ether oxygens (including phenoxy) is 1. The molecule has 0 heterocycles. The molecular weight excluding hydrogens is 164 g/mol. The molecule has 0 amide bonds. The first-order chi connectivity index (χ1) is 6.22. The maximum atomic E-state index is 10.7. The second-order valence-corrected chi connectivity index (χ2v) is 3.79. The third-order valence-corrected chi connectivity index (χ3v) is 2.57. The normalized spacial score (nSPS) is 28.1. The summed E-state index contributed by atoms with van der Waals surface area (Å²) in [6.45, 7) is 5.22. The zero-order valence-electron chi connectivity index (χ0n) is 8.29. The zero-order chi connectivity index (χ0) is 9.68. The second kappa shape index (κ2) is 5.05. The van der Waals surface area contributed by atoms with Gasteiger partial charge in [0.25, 0.3) is 0 Å². The molecule has 1 saturated carbocycles. The van der Waals surface area contributed by atoms with Gasteiger partial charge in [0.1, 0.15) is 6.10 Å². The van der Waals surface area contributed by atoms with Crippen molar-refractivity contribution in [1.29, 1.82) is 0 Å². The number of allylic oxidation sites excluding steroid dienone is 1. The van der Waals surface area contributed by atoms with Crippen molar-refractivity contribution in [3.8, 4) is 0 Å². The topological polar surface area (TPSA) is 26.3 Å². The molecular formula is C11H18O2. The van der Waals surface area contributed by atoms with Crippen LogP contribution in [0, 0.1) is 5.92 Å². The van der Waals surface area contributed by atoms with Crippen LogP contribution in [0.4, 0.5) is 0 Å². The molecule has 0 aromatic carbocycles. The van der Waals surface area contributed by atoms with E-state index >= 15 is 0 Å². The van der Waals surface area contributed by atoms with Crippen molar-refractivity contribution in [3.05, 3.63) is 12.7 Å². The Morgan fingerprint density at radius 1 is 1.62 bits per heavy atom. The number of carbonyl (C=O) groups is 1. The summed E-state index contributed by atoms with van der Waals surface area (Å²) in [4.78, 5) is 10.7. The van der Waals surface area contributed by atoms with Crippen LogP contribution < -0.4 is 0 Å². The summed E-state index contributed by atoms with van der Waals surface area (Å²) in [6, 6.07) is 0. The van der Waals surface area contributed by atoms with E-state index in [4.69, 9.17) is 4.74 Å². The lowest BCUT2D eigenvalue weighted by Gasteiger charge is -2.27. The molecule has 0 aliphatic heterocycles. The van der Waals surface area contributed by atoms with Gasteiger partial charge in [0.2, 0.25) is 0 Å². The van der Waals surface area contributed by atoms with Crippen molar-refractivity contribution < 1.29 is 9.53 Å². The quantitative estimate of drug-likeness (QED) is 0.495. The van der Waals surface area contributed by atoms with Crippen LogP contribution in [0.5, 0.6) is 0 Å². The van der Waals surface area contributed by atoms with Crippen molar-refractivity contribution in [2.75, 3.05) is 0 Å². The van der Waals surface area contributed by atoms with Crippen LogP contribution in [0.2, 0.25) is 0 Å². The van der Waals surface area contributed by atoms with Gasteiger partial charge in [0, 0.05) is 6.92 Å². The van der Waals surface area contributed by atoms with Gasteiger partial charge in [-0.15, -0.1) is 6.58 Å². The SMILES string of the molecule is C=CC[C@H]1CCC[C@@H](OC(C)=O)C1. The van der Waals surface area contributed by atoms with Crippen LogP contribution in [-0.4, -0.2) is 12.1 Å². The molecule has 0 aromatic rings. The number of rotatable bonds is 3. The highest BCUT2D eigenvalue weighted by molar-refractivity contribution is 5.66. The number of hydrogen-bond acceptors (Lipinski definition) is 2. The average Bonchev–Trinajstić information content (AvgIpc) is 2.04. The van der Waals surface area contributed by atoms with Crippen LogP contribution in [-0.2, 0) is 9.53 Å². The van der Waals surface area contributed by atoms with Gasteiger partial charge in [-0.2, -0.15) is 0 Å². The van der Waals surface area contributed by atoms with Crippen LogP contribution >= 0.6 is 0 Å². The highest BCUT2D eigenvalue weighted by Gasteiger charge is 2.22. The molecule has 0 spiro atoms. The number of esters is 1. The number of carbonyl (C=O) groups excluding carboxylic acids is 1. The highest BCUT2D eigenvalue weighted by Crippen LogP contribution is 2.28. The maximum Gasteiger partial charge on any atom is 0.302 e. The monoisotopic (exact) mass is 182 g/mol. The molecule has 2 atom stereocenters. The molecule has 74 valence electrons. The second-order valence-electron chi connectivity index (χ2n) is 3.79. The Hall–Kier alpha value is -0.790. The zero-order valence-corrected chi connectivity index (χ0v) is 8.29. The molecule has 0 aromatic heterocycles. The summed E-state index contributed by atoms with van der Waals surface area (Å²) < 4.78 is 5.19. The van der Waals surface area contributed by atoms with Crippen LogP contribution in [0.1, 0.15) is 39.0 Å². The van der Waals surface area contributed by atoms with Gasteiger partial charge in [0.05, 0.1) is 0 Å². The van der Waals surface area contributed by atoms with Gasteiger partial charge in [-0.1, -0.05) is 6.08 Å². The van der Waals surface area contributed by atoms with Crippen molar-refractivity contribution >= 4 is 5.97 Å². The first kappa shape index (κ1) is 10.3. The minimum atomic E-state index is -0.149. The first-order valence-electron chi connectivity index (χ1n) is 5.00. The molecule has 2 nitrogen and oxygen atoms in total. The Morgan fingerprint density at radius 2 is 2.38 bits per heavy atom. The number of hydrogen-bond donors (Lipinski definition) is 0. The lowest BCUT2D eigenvalue weighted by Crippen LogP contribution is -2.24. The minimum absolute atomic E-state index is 0.149. The molecule has 1 fully saturated rings. The highest BCUT2D eigenvalue weighted by atomic mass is 16.5. The fourth-order valence-corrected chi connectivity index (χ4v) is 2.03. The van der Waals surface area contributed by atoms with Crippen molar-refractivity contribution in [2.45, 2.75) is 45.1 Å². The molecule has 1 aliphatic carbocycles. The van der Waals surface area contributed by atoms with E-state index in [1.807, 2.05) is 6.08 Å². The van der Waals surface area contributed by atoms with Gasteiger partial charge in [-0.25, -0.2) is 0 Å². The largest absolute Gasteiger partial charge is 0.463 e. The van der Waals surface area contributed by atoms with Gasteiger partial charge in [-0.3, -0.25) is 4.79 Å². The van der Waals surface area contributed by atoms with E-state index in [1.54, 1.807) is 0 Å². The van der Waals surface area contributed by atoms with Gasteiger partial charge in [-0.05, 0) is 38.0 Å². The summed E-state index contributed by atoms with van der Waals surface area (Å²) in [5.41, 5.74) is 0. The fourth-order valence-electron chi connectivity index (χ4n) is 2.03. The Labute approximate surface area is 80.0 Å². The fraction of sp³-hybridized carbons (Fsp3) is 0.727. The maximum absolute atomic E-state index is 10.7. The molecule has 0 unspecified atom stereocenters. The predicted molar refractivity (Wildman–Crippen MR) is 52.3 cm³/mol. The van der Waals surface area contributed by atoms with Crippen LogP contribution in [0.3, 0.4) is 0 Å². The van der Waals surface area contributed by atoms with Crippen molar-refractivity contribution in [2.24, 2.45) is 5.92 Å². The lowest BCUT2D eigenvalue weighted by molar-refractivity contribution is -0.148. The van der Waals surface area contributed by atoms with E-state index in [0.29, 0.717) is 5.92 Å². The van der Waals surface area contributed by atoms with Crippen LogP contribution in [0.15, 0.2) is 12.7 Å². The Bertz CT molecular complexity index is 187. The third-order valence-electron chi connectivity index (χ3n) is 2.57. The molecule has 0 saturated heterocycles. The molecule has 13 heavy (non-hydrogen) atoms. The first-order valence-corrected chi connectivity index (χ1v) is 5.00. The summed E-state index contributed by atoms with van der Waals surface area (Å²) in [5, 5.41) is 0. The molecule has 2 heteroatoms. The molecule has 0 N–H and O–H groups in total. The predicted octanol–water partition coefficient (Wildman–Crippen LogP) is 2.68. The van der Waals surface area contributed by atoms with E-state index in [9.17, 15) is 4.79 Å². The third kappa shape index (κ3) is 3.62. The summed E-state index contributed by atoms with van der Waals surface area (Å²) in [6.07, 6.45) is 7.66. The summed E-state index contributed by atoms with van der Waals surface area (Å²) in [5.74, 6) is 0.528. The Morgan fingerprint density at radius 3 is 3.00 bits per heavy atom. The van der Waals surface area contributed by atoms with Gasteiger partial charge >= 0.3 is 5.97 Å². The van der Waals surface area contributed by atoms with E-state index in [0.717, 1.165) is 19.3 Å².